The Morgan fingerprint density at radius 1 is 1.29 bits per heavy atom. The Bertz CT molecular complexity index is 810. The van der Waals surface area contributed by atoms with Crippen molar-refractivity contribution in [2.24, 2.45) is 7.05 Å². The summed E-state index contributed by atoms with van der Waals surface area (Å²) in [5.41, 5.74) is 2.10. The molecule has 4 heterocycles. The quantitative estimate of drug-likeness (QED) is 0.729. The van der Waals surface area contributed by atoms with E-state index in [2.05, 4.69) is 39.6 Å². The van der Waals surface area contributed by atoms with Crippen LogP contribution in [0, 0.1) is 13.8 Å². The standard InChI is InChI=1S/C17H24N6S/c1-12-15-16(21(3)20-12)19-17(24-15)23-9-5-4-6-14(23)7-10-22-11-8-18-13(22)2/h8,11,14H,4-7,9-10H2,1-3H3/t14-/m1/s1. The van der Waals surface area contributed by atoms with Crippen LogP contribution < -0.4 is 4.90 Å². The van der Waals surface area contributed by atoms with Gasteiger partial charge in [-0.25, -0.2) is 14.6 Å². The highest BCUT2D eigenvalue weighted by atomic mass is 32.1. The average Bonchev–Trinajstić information content (AvgIpc) is 3.25. The fraction of sp³-hybridized carbons (Fsp3) is 0.588. The second kappa shape index (κ2) is 6.20. The van der Waals surface area contributed by atoms with E-state index in [0.717, 1.165) is 41.8 Å². The number of aromatic nitrogens is 5. The third-order valence-electron chi connectivity index (χ3n) is 5.03. The minimum Gasteiger partial charge on any atom is -0.345 e. The molecule has 1 aliphatic heterocycles. The lowest BCUT2D eigenvalue weighted by atomic mass is 10.00. The van der Waals surface area contributed by atoms with Crippen LogP contribution in [0.2, 0.25) is 0 Å². The van der Waals surface area contributed by atoms with E-state index in [9.17, 15) is 0 Å². The molecule has 0 spiro atoms. The molecule has 0 N–H and O–H groups in total. The summed E-state index contributed by atoms with van der Waals surface area (Å²) in [6.45, 7) is 6.28. The van der Waals surface area contributed by atoms with Crippen molar-refractivity contribution in [3.63, 3.8) is 0 Å². The Morgan fingerprint density at radius 2 is 2.17 bits per heavy atom. The lowest BCUT2D eigenvalue weighted by Crippen LogP contribution is -2.40. The van der Waals surface area contributed by atoms with Crippen molar-refractivity contribution in [2.45, 2.75) is 52.1 Å². The van der Waals surface area contributed by atoms with Gasteiger partial charge in [0, 0.05) is 38.6 Å². The summed E-state index contributed by atoms with van der Waals surface area (Å²) < 4.78 is 5.37. The Hall–Kier alpha value is -1.89. The molecule has 6 nitrogen and oxygen atoms in total. The van der Waals surface area contributed by atoms with Crippen molar-refractivity contribution < 1.29 is 0 Å². The molecule has 24 heavy (non-hydrogen) atoms. The van der Waals surface area contributed by atoms with E-state index >= 15 is 0 Å². The van der Waals surface area contributed by atoms with Gasteiger partial charge in [-0.3, -0.25) is 0 Å². The van der Waals surface area contributed by atoms with Gasteiger partial charge >= 0.3 is 0 Å². The molecule has 1 fully saturated rings. The highest BCUT2D eigenvalue weighted by Gasteiger charge is 2.26. The zero-order valence-corrected chi connectivity index (χ0v) is 15.4. The van der Waals surface area contributed by atoms with Crippen molar-refractivity contribution in [3.05, 3.63) is 23.9 Å². The Labute approximate surface area is 146 Å². The largest absolute Gasteiger partial charge is 0.345 e. The van der Waals surface area contributed by atoms with Crippen molar-refractivity contribution in [3.8, 4) is 0 Å². The second-order valence-electron chi connectivity index (χ2n) is 6.66. The number of anilines is 1. The molecule has 0 bridgehead atoms. The zero-order valence-electron chi connectivity index (χ0n) is 14.6. The Kier molecular flexibility index (Phi) is 4.04. The summed E-state index contributed by atoms with van der Waals surface area (Å²) in [7, 11) is 1.98. The summed E-state index contributed by atoms with van der Waals surface area (Å²) in [6, 6.07) is 0.564. The number of hydrogen-bond donors (Lipinski definition) is 0. The van der Waals surface area contributed by atoms with E-state index in [0.29, 0.717) is 6.04 Å². The molecule has 0 saturated carbocycles. The molecular weight excluding hydrogens is 320 g/mol. The van der Waals surface area contributed by atoms with Gasteiger partial charge < -0.3 is 9.47 Å². The van der Waals surface area contributed by atoms with E-state index in [4.69, 9.17) is 4.98 Å². The van der Waals surface area contributed by atoms with Crippen LogP contribution in [0.25, 0.3) is 10.3 Å². The van der Waals surface area contributed by atoms with Gasteiger partial charge in [0.15, 0.2) is 10.8 Å². The maximum atomic E-state index is 4.90. The normalized spacial score (nSPS) is 18.6. The van der Waals surface area contributed by atoms with Crippen molar-refractivity contribution in [1.29, 1.82) is 0 Å². The fourth-order valence-corrected chi connectivity index (χ4v) is 4.81. The van der Waals surface area contributed by atoms with Crippen LogP contribution in [-0.2, 0) is 13.6 Å². The molecule has 0 unspecified atom stereocenters. The number of imidazole rings is 1. The van der Waals surface area contributed by atoms with Crippen LogP contribution in [0.15, 0.2) is 12.4 Å². The zero-order chi connectivity index (χ0) is 16.7. The molecule has 0 aliphatic carbocycles. The molecule has 3 aromatic rings. The first-order chi connectivity index (χ1) is 11.6. The van der Waals surface area contributed by atoms with Gasteiger partial charge in [-0.15, -0.1) is 0 Å². The molecule has 0 aromatic carbocycles. The minimum absolute atomic E-state index is 0.564. The Balaban J connectivity index is 1.56. The summed E-state index contributed by atoms with van der Waals surface area (Å²) in [5.74, 6) is 1.10. The lowest BCUT2D eigenvalue weighted by Gasteiger charge is -2.35. The SMILES string of the molecule is Cc1nn(C)c2nc(N3CCCC[C@@H]3CCn3ccnc3C)sc12. The maximum absolute atomic E-state index is 4.90. The van der Waals surface area contributed by atoms with Crippen molar-refractivity contribution in [1.82, 2.24) is 24.3 Å². The number of piperidine rings is 1. The summed E-state index contributed by atoms with van der Waals surface area (Å²) in [5, 5.41) is 5.63. The van der Waals surface area contributed by atoms with Crippen LogP contribution in [0.5, 0.6) is 0 Å². The van der Waals surface area contributed by atoms with Crippen LogP contribution in [0.3, 0.4) is 0 Å². The summed E-state index contributed by atoms with van der Waals surface area (Å²) >= 11 is 1.79. The summed E-state index contributed by atoms with van der Waals surface area (Å²) in [4.78, 5) is 11.8. The van der Waals surface area contributed by atoms with Gasteiger partial charge in [0.25, 0.3) is 0 Å². The molecule has 128 valence electrons. The maximum Gasteiger partial charge on any atom is 0.188 e. The molecular formula is C17H24N6S. The highest BCUT2D eigenvalue weighted by molar-refractivity contribution is 7.22. The third-order valence-corrected chi connectivity index (χ3v) is 6.22. The van der Waals surface area contributed by atoms with Gasteiger partial charge in [0.1, 0.15) is 5.82 Å². The predicted molar refractivity (Wildman–Crippen MR) is 97.7 cm³/mol. The first-order valence-corrected chi connectivity index (χ1v) is 9.49. The lowest BCUT2D eigenvalue weighted by molar-refractivity contribution is 0.414. The van der Waals surface area contributed by atoms with E-state index in [1.54, 1.807) is 11.3 Å². The second-order valence-corrected chi connectivity index (χ2v) is 7.64. The minimum atomic E-state index is 0.564. The molecule has 1 saturated heterocycles. The smallest absolute Gasteiger partial charge is 0.188 e. The van der Waals surface area contributed by atoms with E-state index < -0.39 is 0 Å². The van der Waals surface area contributed by atoms with Crippen molar-refractivity contribution >= 4 is 26.8 Å². The predicted octanol–water partition coefficient (Wildman–Crippen LogP) is 3.29. The van der Waals surface area contributed by atoms with E-state index in [1.165, 1.54) is 24.0 Å². The third kappa shape index (κ3) is 2.70. The van der Waals surface area contributed by atoms with Crippen LogP contribution in [-0.4, -0.2) is 36.9 Å². The monoisotopic (exact) mass is 344 g/mol. The molecule has 3 aromatic heterocycles. The molecule has 0 radical (unpaired) electrons. The molecule has 7 heteroatoms. The molecule has 1 aliphatic rings. The summed E-state index contributed by atoms with van der Waals surface area (Å²) in [6.07, 6.45) is 8.93. The van der Waals surface area contributed by atoms with Crippen LogP contribution in [0.1, 0.15) is 37.2 Å². The highest BCUT2D eigenvalue weighted by Crippen LogP contribution is 2.34. The Morgan fingerprint density at radius 3 is 2.92 bits per heavy atom. The van der Waals surface area contributed by atoms with Crippen LogP contribution in [0.4, 0.5) is 5.13 Å². The molecule has 1 atom stereocenters. The number of thiazole rings is 1. The topological polar surface area (TPSA) is 51.8 Å². The van der Waals surface area contributed by atoms with E-state index in [1.807, 2.05) is 17.9 Å². The van der Waals surface area contributed by atoms with Gasteiger partial charge in [-0.1, -0.05) is 11.3 Å². The van der Waals surface area contributed by atoms with Gasteiger partial charge in [-0.2, -0.15) is 5.10 Å². The average molecular weight is 344 g/mol. The fourth-order valence-electron chi connectivity index (χ4n) is 3.68. The van der Waals surface area contributed by atoms with Gasteiger partial charge in [0.2, 0.25) is 0 Å². The number of aryl methyl sites for hydroxylation is 4. The van der Waals surface area contributed by atoms with E-state index in [-0.39, 0.29) is 0 Å². The molecule has 0 amide bonds. The first kappa shape index (κ1) is 15.6. The molecule has 4 rings (SSSR count). The van der Waals surface area contributed by atoms with Gasteiger partial charge in [0.05, 0.1) is 10.4 Å². The number of nitrogens with zero attached hydrogens (tertiary/aromatic N) is 6. The number of hydrogen-bond acceptors (Lipinski definition) is 5. The van der Waals surface area contributed by atoms with Gasteiger partial charge in [-0.05, 0) is 39.5 Å². The first-order valence-electron chi connectivity index (χ1n) is 8.68. The number of rotatable bonds is 4. The van der Waals surface area contributed by atoms with Crippen LogP contribution >= 0.6 is 11.3 Å². The number of fused-ring (bicyclic) bond motifs is 1. The van der Waals surface area contributed by atoms with Crippen molar-refractivity contribution in [2.75, 3.05) is 11.4 Å².